The lowest BCUT2D eigenvalue weighted by atomic mass is 10.0. The highest BCUT2D eigenvalue weighted by atomic mass is 32.2. The van der Waals surface area contributed by atoms with Gasteiger partial charge < -0.3 is 9.84 Å². The number of thioether (sulfide) groups is 1. The molecule has 0 radical (unpaired) electrons. The van der Waals surface area contributed by atoms with Crippen LogP contribution in [0.5, 0.6) is 0 Å². The number of fused-ring (bicyclic) bond motifs is 1. The fourth-order valence-corrected chi connectivity index (χ4v) is 4.61. The van der Waals surface area contributed by atoms with Crippen molar-refractivity contribution in [2.45, 2.75) is 30.2 Å². The Bertz CT molecular complexity index is 911. The Morgan fingerprint density at radius 3 is 3.15 bits per heavy atom. The van der Waals surface area contributed by atoms with E-state index in [9.17, 15) is 9.18 Å². The normalized spacial score (nSPS) is 16.3. The summed E-state index contributed by atoms with van der Waals surface area (Å²) in [6, 6.07) is 6.51. The SMILES string of the molecule is O=C(CCc1nc(-c2ccsc2)no1)NC1CCSc2ccc(F)cc21. The monoisotopic (exact) mass is 389 g/mol. The summed E-state index contributed by atoms with van der Waals surface area (Å²) in [4.78, 5) is 17.7. The van der Waals surface area contributed by atoms with Gasteiger partial charge in [0.25, 0.3) is 0 Å². The number of hydrogen-bond donors (Lipinski definition) is 1. The van der Waals surface area contributed by atoms with E-state index >= 15 is 0 Å². The topological polar surface area (TPSA) is 68.0 Å². The van der Waals surface area contributed by atoms with Gasteiger partial charge >= 0.3 is 0 Å². The predicted octanol–water partition coefficient (Wildman–Crippen LogP) is 4.22. The van der Waals surface area contributed by atoms with Crippen LogP contribution in [0.25, 0.3) is 11.4 Å². The van der Waals surface area contributed by atoms with Crippen molar-refractivity contribution in [3.05, 3.63) is 52.3 Å². The van der Waals surface area contributed by atoms with Gasteiger partial charge in [-0.3, -0.25) is 4.79 Å². The van der Waals surface area contributed by atoms with Crippen LogP contribution in [0, 0.1) is 5.82 Å². The molecule has 2 aromatic heterocycles. The van der Waals surface area contributed by atoms with Crippen molar-refractivity contribution in [1.29, 1.82) is 0 Å². The molecule has 3 heterocycles. The van der Waals surface area contributed by atoms with E-state index in [4.69, 9.17) is 4.52 Å². The summed E-state index contributed by atoms with van der Waals surface area (Å²) >= 11 is 3.25. The van der Waals surface area contributed by atoms with Crippen molar-refractivity contribution < 1.29 is 13.7 Å². The predicted molar refractivity (Wildman–Crippen MR) is 98.6 cm³/mol. The van der Waals surface area contributed by atoms with E-state index in [-0.39, 0.29) is 24.2 Å². The molecule has 1 aliphatic rings. The first kappa shape index (κ1) is 17.2. The highest BCUT2D eigenvalue weighted by molar-refractivity contribution is 7.99. The second kappa shape index (κ2) is 7.59. The number of carbonyl (C=O) groups is 1. The minimum Gasteiger partial charge on any atom is -0.349 e. The van der Waals surface area contributed by atoms with Gasteiger partial charge in [-0.1, -0.05) is 5.16 Å². The summed E-state index contributed by atoms with van der Waals surface area (Å²) in [5, 5.41) is 10.8. The van der Waals surface area contributed by atoms with Crippen LogP contribution >= 0.6 is 23.1 Å². The number of hydrogen-bond acceptors (Lipinski definition) is 6. The van der Waals surface area contributed by atoms with Gasteiger partial charge in [0.05, 0.1) is 6.04 Å². The van der Waals surface area contributed by atoms with E-state index in [1.807, 2.05) is 16.8 Å². The Balaban J connectivity index is 1.36. The molecular weight excluding hydrogens is 373 g/mol. The number of carbonyl (C=O) groups excluding carboxylic acids is 1. The van der Waals surface area contributed by atoms with Crippen LogP contribution in [0.4, 0.5) is 4.39 Å². The first-order chi connectivity index (χ1) is 12.7. The van der Waals surface area contributed by atoms with E-state index in [0.717, 1.165) is 28.2 Å². The number of rotatable bonds is 5. The number of benzene rings is 1. The average Bonchev–Trinajstić information content (AvgIpc) is 3.32. The second-order valence-corrected chi connectivity index (χ2v) is 7.88. The smallest absolute Gasteiger partial charge is 0.227 e. The van der Waals surface area contributed by atoms with Crippen molar-refractivity contribution >= 4 is 29.0 Å². The Kier molecular flexibility index (Phi) is 5.03. The molecule has 1 aliphatic heterocycles. The fourth-order valence-electron chi connectivity index (χ4n) is 2.87. The number of aryl methyl sites for hydroxylation is 1. The Labute approximate surface area is 158 Å². The van der Waals surface area contributed by atoms with Crippen molar-refractivity contribution in [2.75, 3.05) is 5.75 Å². The third kappa shape index (κ3) is 3.81. The summed E-state index contributed by atoms with van der Waals surface area (Å²) in [7, 11) is 0. The summed E-state index contributed by atoms with van der Waals surface area (Å²) < 4.78 is 18.8. The maximum atomic E-state index is 13.5. The summed E-state index contributed by atoms with van der Waals surface area (Å²) in [6.07, 6.45) is 1.41. The largest absolute Gasteiger partial charge is 0.349 e. The lowest BCUT2D eigenvalue weighted by Gasteiger charge is -2.26. The number of amides is 1. The van der Waals surface area contributed by atoms with Crippen LogP contribution in [0.1, 0.15) is 30.3 Å². The molecule has 0 saturated carbocycles. The van der Waals surface area contributed by atoms with Gasteiger partial charge in [-0.2, -0.15) is 16.3 Å². The molecule has 4 rings (SSSR count). The molecule has 0 saturated heterocycles. The number of nitrogens with one attached hydrogen (secondary N) is 1. The third-order valence-corrected chi connectivity index (χ3v) is 5.97. The van der Waals surface area contributed by atoms with Gasteiger partial charge in [0.2, 0.25) is 17.6 Å². The van der Waals surface area contributed by atoms with Crippen molar-refractivity contribution in [3.63, 3.8) is 0 Å². The zero-order valence-corrected chi connectivity index (χ0v) is 15.4. The van der Waals surface area contributed by atoms with Crippen LogP contribution in [0.3, 0.4) is 0 Å². The van der Waals surface area contributed by atoms with E-state index in [0.29, 0.717) is 18.1 Å². The molecule has 134 valence electrons. The Morgan fingerprint density at radius 2 is 2.31 bits per heavy atom. The van der Waals surface area contributed by atoms with Gasteiger partial charge in [-0.05, 0) is 41.6 Å². The lowest BCUT2D eigenvalue weighted by Crippen LogP contribution is -2.30. The maximum Gasteiger partial charge on any atom is 0.227 e. The first-order valence-corrected chi connectivity index (χ1v) is 10.2. The van der Waals surface area contributed by atoms with Crippen molar-refractivity contribution in [2.24, 2.45) is 0 Å². The molecule has 0 aliphatic carbocycles. The first-order valence-electron chi connectivity index (χ1n) is 8.26. The molecule has 26 heavy (non-hydrogen) atoms. The molecule has 3 aromatic rings. The van der Waals surface area contributed by atoms with E-state index in [1.54, 1.807) is 29.2 Å². The molecule has 5 nitrogen and oxygen atoms in total. The molecule has 1 atom stereocenters. The van der Waals surface area contributed by atoms with E-state index in [1.165, 1.54) is 12.1 Å². The quantitative estimate of drug-likeness (QED) is 0.707. The van der Waals surface area contributed by atoms with Crippen molar-refractivity contribution in [1.82, 2.24) is 15.5 Å². The van der Waals surface area contributed by atoms with Gasteiger partial charge in [-0.25, -0.2) is 4.39 Å². The molecule has 8 heteroatoms. The molecular formula is C18H16FN3O2S2. The molecule has 0 bridgehead atoms. The molecule has 1 N–H and O–H groups in total. The lowest BCUT2D eigenvalue weighted by molar-refractivity contribution is -0.121. The Morgan fingerprint density at radius 1 is 1.38 bits per heavy atom. The fraction of sp³-hybridized carbons (Fsp3) is 0.278. The van der Waals surface area contributed by atoms with Crippen LogP contribution in [0.15, 0.2) is 44.4 Å². The molecule has 0 spiro atoms. The minimum atomic E-state index is -0.280. The molecule has 1 unspecified atom stereocenters. The maximum absolute atomic E-state index is 13.5. The highest BCUT2D eigenvalue weighted by Crippen LogP contribution is 2.36. The molecule has 1 amide bonds. The Hall–Kier alpha value is -2.19. The summed E-state index contributed by atoms with van der Waals surface area (Å²) in [5.41, 5.74) is 1.76. The van der Waals surface area contributed by atoms with Crippen LogP contribution < -0.4 is 5.32 Å². The standard InChI is InChI=1S/C18H16FN3O2S2/c19-12-1-2-15-13(9-12)14(6-8-26-15)20-16(23)3-4-17-21-18(22-24-17)11-5-7-25-10-11/h1-2,5,7,9-10,14H,3-4,6,8H2,(H,20,23). The number of thiophene rings is 1. The third-order valence-electron chi connectivity index (χ3n) is 4.16. The minimum absolute atomic E-state index is 0.104. The van der Waals surface area contributed by atoms with Gasteiger partial charge in [0, 0.05) is 34.4 Å². The van der Waals surface area contributed by atoms with Crippen LogP contribution in [-0.2, 0) is 11.2 Å². The average molecular weight is 389 g/mol. The number of aromatic nitrogens is 2. The second-order valence-electron chi connectivity index (χ2n) is 5.96. The van der Waals surface area contributed by atoms with Gasteiger partial charge in [-0.15, -0.1) is 11.8 Å². The van der Waals surface area contributed by atoms with E-state index < -0.39 is 0 Å². The molecule has 0 fully saturated rings. The van der Waals surface area contributed by atoms with Gasteiger partial charge in [0.15, 0.2) is 0 Å². The summed E-state index contributed by atoms with van der Waals surface area (Å²) in [5.74, 6) is 1.49. The zero-order chi connectivity index (χ0) is 17.9. The van der Waals surface area contributed by atoms with E-state index in [2.05, 4.69) is 15.5 Å². The highest BCUT2D eigenvalue weighted by Gasteiger charge is 2.23. The van der Waals surface area contributed by atoms with Crippen LogP contribution in [0.2, 0.25) is 0 Å². The summed E-state index contributed by atoms with van der Waals surface area (Å²) in [6.45, 7) is 0. The number of halogens is 1. The molecule has 1 aromatic carbocycles. The van der Waals surface area contributed by atoms with Crippen LogP contribution in [-0.4, -0.2) is 21.8 Å². The van der Waals surface area contributed by atoms with Gasteiger partial charge in [0.1, 0.15) is 5.82 Å². The number of nitrogens with zero attached hydrogens (tertiary/aromatic N) is 2. The van der Waals surface area contributed by atoms with Crippen molar-refractivity contribution in [3.8, 4) is 11.4 Å². The zero-order valence-electron chi connectivity index (χ0n) is 13.8.